The van der Waals surface area contributed by atoms with E-state index in [9.17, 15) is 18.5 Å². The first kappa shape index (κ1) is 13.9. The van der Waals surface area contributed by atoms with Crippen LogP contribution in [0.1, 0.15) is 13.3 Å². The zero-order valence-corrected chi connectivity index (χ0v) is 11.2. The van der Waals surface area contributed by atoms with E-state index in [1.807, 2.05) is 6.92 Å². The maximum Gasteiger partial charge on any atom is 0.289 e. The van der Waals surface area contributed by atoms with E-state index < -0.39 is 20.6 Å². The molecular weight excluding hydrogens is 270 g/mol. The number of nitro benzene ring substituents is 1. The minimum absolute atomic E-state index is 0.0116. The van der Waals surface area contributed by atoms with Crippen molar-refractivity contribution in [2.45, 2.75) is 30.3 Å². The number of nitrogens with zero attached hydrogens (tertiary/aromatic N) is 1. The van der Waals surface area contributed by atoms with Crippen molar-refractivity contribution in [3.8, 4) is 0 Å². The molecular formula is C11H15N3O4S. The maximum atomic E-state index is 12.2. The lowest BCUT2D eigenvalue weighted by Crippen LogP contribution is -2.41. The van der Waals surface area contributed by atoms with Crippen LogP contribution in [0.15, 0.2) is 29.2 Å². The fraction of sp³-hybridized carbons (Fsp3) is 0.455. The maximum absolute atomic E-state index is 12.2. The van der Waals surface area contributed by atoms with E-state index >= 15 is 0 Å². The van der Waals surface area contributed by atoms with Gasteiger partial charge in [-0.15, -0.1) is 0 Å². The average molecular weight is 285 g/mol. The summed E-state index contributed by atoms with van der Waals surface area (Å²) in [6, 6.07) is 5.11. The van der Waals surface area contributed by atoms with E-state index in [0.29, 0.717) is 6.42 Å². The highest BCUT2D eigenvalue weighted by molar-refractivity contribution is 7.89. The molecule has 1 heterocycles. The van der Waals surface area contributed by atoms with Gasteiger partial charge in [-0.05, 0) is 26.0 Å². The number of nitro groups is 1. The molecule has 2 N–H and O–H groups in total. The summed E-state index contributed by atoms with van der Waals surface area (Å²) >= 11 is 0. The molecule has 19 heavy (non-hydrogen) atoms. The lowest BCUT2D eigenvalue weighted by atomic mass is 10.2. The molecule has 8 heteroatoms. The fourth-order valence-corrected chi connectivity index (χ4v) is 3.64. The van der Waals surface area contributed by atoms with E-state index in [1.54, 1.807) is 0 Å². The Morgan fingerprint density at radius 2 is 2.11 bits per heavy atom. The van der Waals surface area contributed by atoms with Gasteiger partial charge in [-0.1, -0.05) is 12.1 Å². The molecule has 104 valence electrons. The molecule has 1 aliphatic heterocycles. The Balaban J connectivity index is 2.32. The molecule has 0 aromatic heterocycles. The fourth-order valence-electron chi connectivity index (χ4n) is 2.12. The Bertz CT molecular complexity index is 587. The van der Waals surface area contributed by atoms with Crippen LogP contribution in [0.3, 0.4) is 0 Å². The molecule has 0 bridgehead atoms. The van der Waals surface area contributed by atoms with Gasteiger partial charge in [0.2, 0.25) is 10.0 Å². The molecule has 1 fully saturated rings. The first-order valence-corrected chi connectivity index (χ1v) is 7.39. The van der Waals surface area contributed by atoms with Gasteiger partial charge in [-0.2, -0.15) is 0 Å². The van der Waals surface area contributed by atoms with E-state index in [0.717, 1.165) is 6.54 Å². The van der Waals surface area contributed by atoms with Crippen LogP contribution in [0.4, 0.5) is 5.69 Å². The lowest BCUT2D eigenvalue weighted by molar-refractivity contribution is -0.387. The number of benzene rings is 1. The van der Waals surface area contributed by atoms with Crippen molar-refractivity contribution < 1.29 is 13.3 Å². The second-order valence-corrected chi connectivity index (χ2v) is 6.17. The molecule has 0 aliphatic carbocycles. The third-order valence-corrected chi connectivity index (χ3v) is 4.72. The summed E-state index contributed by atoms with van der Waals surface area (Å²) < 4.78 is 27.0. The van der Waals surface area contributed by atoms with Gasteiger partial charge in [0.05, 0.1) is 4.92 Å². The van der Waals surface area contributed by atoms with Gasteiger partial charge < -0.3 is 5.32 Å². The summed E-state index contributed by atoms with van der Waals surface area (Å²) in [5.41, 5.74) is -0.409. The van der Waals surface area contributed by atoms with Gasteiger partial charge in [-0.25, -0.2) is 13.1 Å². The number of hydrogen-bond acceptors (Lipinski definition) is 5. The minimum Gasteiger partial charge on any atom is -0.313 e. The van der Waals surface area contributed by atoms with Gasteiger partial charge in [0, 0.05) is 18.2 Å². The van der Waals surface area contributed by atoms with Crippen LogP contribution in [0, 0.1) is 10.1 Å². The van der Waals surface area contributed by atoms with Crippen molar-refractivity contribution in [2.75, 3.05) is 6.54 Å². The number of sulfonamides is 1. The van der Waals surface area contributed by atoms with Crippen LogP contribution < -0.4 is 10.0 Å². The average Bonchev–Trinajstić information content (AvgIpc) is 2.74. The summed E-state index contributed by atoms with van der Waals surface area (Å²) in [5.74, 6) is 0. The number of nitrogens with one attached hydrogen (secondary N) is 2. The first-order valence-electron chi connectivity index (χ1n) is 5.91. The predicted molar refractivity (Wildman–Crippen MR) is 69.3 cm³/mol. The topological polar surface area (TPSA) is 101 Å². The highest BCUT2D eigenvalue weighted by Gasteiger charge is 2.31. The van der Waals surface area contributed by atoms with Gasteiger partial charge in [-0.3, -0.25) is 10.1 Å². The molecule has 0 unspecified atom stereocenters. The van der Waals surface area contributed by atoms with Gasteiger partial charge in [0.15, 0.2) is 4.90 Å². The molecule has 0 amide bonds. The molecule has 1 aromatic rings. The van der Waals surface area contributed by atoms with Crippen molar-refractivity contribution >= 4 is 15.7 Å². The van der Waals surface area contributed by atoms with E-state index in [2.05, 4.69) is 10.0 Å². The Labute approximate surface area is 111 Å². The molecule has 2 rings (SSSR count). The molecule has 7 nitrogen and oxygen atoms in total. The van der Waals surface area contributed by atoms with E-state index in [-0.39, 0.29) is 17.0 Å². The van der Waals surface area contributed by atoms with Crippen LogP contribution in [-0.4, -0.2) is 32.0 Å². The largest absolute Gasteiger partial charge is 0.313 e. The molecule has 0 saturated carbocycles. The van der Waals surface area contributed by atoms with Crippen LogP contribution in [0.5, 0.6) is 0 Å². The Morgan fingerprint density at radius 3 is 2.68 bits per heavy atom. The lowest BCUT2D eigenvalue weighted by Gasteiger charge is -2.16. The van der Waals surface area contributed by atoms with Crippen molar-refractivity contribution in [1.82, 2.24) is 10.0 Å². The molecule has 2 atom stereocenters. The standard InChI is InChI=1S/C11H15N3O4S/c1-8-9(6-7-12-8)13-19(17,18)11-5-3-2-4-10(11)14(15)16/h2-5,8-9,12-13H,6-7H2,1H3/t8-,9+/m0/s1. The normalized spacial score (nSPS) is 23.4. The molecule has 1 saturated heterocycles. The highest BCUT2D eigenvalue weighted by Crippen LogP contribution is 2.23. The summed E-state index contributed by atoms with van der Waals surface area (Å²) in [7, 11) is -3.88. The summed E-state index contributed by atoms with van der Waals surface area (Å²) in [6.07, 6.45) is 0.668. The Hall–Kier alpha value is -1.51. The minimum atomic E-state index is -3.88. The van der Waals surface area contributed by atoms with Gasteiger partial charge in [0.1, 0.15) is 0 Å². The summed E-state index contributed by atoms with van der Waals surface area (Å²) in [6.45, 7) is 2.60. The Morgan fingerprint density at radius 1 is 1.42 bits per heavy atom. The van der Waals surface area contributed by atoms with Crippen molar-refractivity contribution in [2.24, 2.45) is 0 Å². The van der Waals surface area contributed by atoms with Crippen LogP contribution in [0.2, 0.25) is 0 Å². The van der Waals surface area contributed by atoms with Crippen molar-refractivity contribution in [3.05, 3.63) is 34.4 Å². The van der Waals surface area contributed by atoms with Crippen LogP contribution in [-0.2, 0) is 10.0 Å². The summed E-state index contributed by atoms with van der Waals surface area (Å²) in [4.78, 5) is 9.89. The predicted octanol–water partition coefficient (Wildman–Crippen LogP) is 0.623. The van der Waals surface area contributed by atoms with E-state index in [4.69, 9.17) is 0 Å². The number of rotatable bonds is 4. The van der Waals surface area contributed by atoms with Gasteiger partial charge >= 0.3 is 0 Å². The smallest absolute Gasteiger partial charge is 0.289 e. The van der Waals surface area contributed by atoms with E-state index in [1.165, 1.54) is 24.3 Å². The third-order valence-electron chi connectivity index (χ3n) is 3.18. The molecule has 0 spiro atoms. The van der Waals surface area contributed by atoms with Crippen LogP contribution >= 0.6 is 0 Å². The zero-order valence-electron chi connectivity index (χ0n) is 10.4. The molecule has 0 radical (unpaired) electrons. The quantitative estimate of drug-likeness (QED) is 0.624. The summed E-state index contributed by atoms with van der Waals surface area (Å²) in [5, 5.41) is 14.0. The van der Waals surface area contributed by atoms with Crippen molar-refractivity contribution in [1.29, 1.82) is 0 Å². The highest BCUT2D eigenvalue weighted by atomic mass is 32.2. The second-order valence-electron chi connectivity index (χ2n) is 4.48. The number of para-hydroxylation sites is 1. The van der Waals surface area contributed by atoms with Crippen molar-refractivity contribution in [3.63, 3.8) is 0 Å². The second kappa shape index (κ2) is 5.24. The molecule has 1 aliphatic rings. The molecule has 1 aromatic carbocycles. The zero-order chi connectivity index (χ0) is 14.0. The SMILES string of the molecule is C[C@@H]1NCC[C@H]1NS(=O)(=O)c1ccccc1[N+](=O)[O-]. The Kier molecular flexibility index (Phi) is 3.83. The van der Waals surface area contributed by atoms with Crippen LogP contribution in [0.25, 0.3) is 0 Å². The first-order chi connectivity index (χ1) is 8.92. The monoisotopic (exact) mass is 285 g/mol. The van der Waals surface area contributed by atoms with Gasteiger partial charge in [0.25, 0.3) is 5.69 Å². The third kappa shape index (κ3) is 2.91. The number of hydrogen-bond donors (Lipinski definition) is 2.